The summed E-state index contributed by atoms with van der Waals surface area (Å²) < 4.78 is 6.18. The van der Waals surface area contributed by atoms with E-state index in [1.807, 2.05) is 29.2 Å². The Bertz CT molecular complexity index is 852. The fourth-order valence-electron chi connectivity index (χ4n) is 5.74. The van der Waals surface area contributed by atoms with E-state index in [1.165, 1.54) is 25.7 Å². The Balaban J connectivity index is 1.37. The summed E-state index contributed by atoms with van der Waals surface area (Å²) in [5.41, 5.74) is 0.956. The molecular weight excluding hydrogens is 468 g/mol. The summed E-state index contributed by atoms with van der Waals surface area (Å²) in [6.45, 7) is 3.67. The molecule has 1 saturated carbocycles. The van der Waals surface area contributed by atoms with Crippen molar-refractivity contribution >= 4 is 23.7 Å². The maximum absolute atomic E-state index is 13.3. The molecule has 9 heteroatoms. The fraction of sp³-hybridized carbons (Fsp3) is 0.692. The van der Waals surface area contributed by atoms with Gasteiger partial charge in [-0.15, -0.1) is 0 Å². The number of ether oxygens (including phenoxy) is 1. The third-order valence-corrected chi connectivity index (χ3v) is 8.06. The lowest BCUT2D eigenvalue weighted by Crippen LogP contribution is -2.56. The first-order valence-corrected chi connectivity index (χ1v) is 13.5. The molecule has 0 bridgehead atoms. The number of likely N-dealkylation sites (tertiary alicyclic amines) is 1. The van der Waals surface area contributed by atoms with E-state index in [9.17, 15) is 9.59 Å². The lowest BCUT2D eigenvalue weighted by Gasteiger charge is -2.40. The molecule has 1 aromatic rings. The Labute approximate surface area is 213 Å². The zero-order valence-corrected chi connectivity index (χ0v) is 21.1. The Kier molecular flexibility index (Phi) is 9.52. The van der Waals surface area contributed by atoms with Gasteiger partial charge in [0.2, 0.25) is 0 Å². The second-order valence-electron chi connectivity index (χ2n) is 10.3. The van der Waals surface area contributed by atoms with Crippen LogP contribution in [0.4, 0.5) is 9.59 Å². The minimum absolute atomic E-state index is 0.0133. The number of carboxylic acid groups (broad SMARTS) is 1. The number of hydrogen-bond acceptors (Lipinski definition) is 4. The van der Waals surface area contributed by atoms with E-state index in [2.05, 4.69) is 16.0 Å². The number of carbonyl (C=O) groups is 2. The summed E-state index contributed by atoms with van der Waals surface area (Å²) in [4.78, 5) is 26.1. The van der Waals surface area contributed by atoms with Gasteiger partial charge in [-0.2, -0.15) is 0 Å². The molecule has 0 radical (unpaired) electrons. The van der Waals surface area contributed by atoms with E-state index >= 15 is 0 Å². The van der Waals surface area contributed by atoms with Gasteiger partial charge in [0.05, 0.1) is 12.7 Å². The molecule has 2 saturated heterocycles. The van der Waals surface area contributed by atoms with Gasteiger partial charge in [-0.25, -0.2) is 9.59 Å². The smallest absolute Gasteiger partial charge is 0.404 e. The lowest BCUT2D eigenvalue weighted by molar-refractivity contribution is -0.00866. The molecule has 2 heterocycles. The molecule has 2 aliphatic heterocycles. The maximum Gasteiger partial charge on any atom is 0.404 e. The van der Waals surface area contributed by atoms with E-state index in [4.69, 9.17) is 21.4 Å². The molecule has 4 rings (SSSR count). The molecular formula is C26H39ClN4O4. The molecule has 3 amide bonds. The Morgan fingerprint density at radius 2 is 2.09 bits per heavy atom. The number of rotatable bonds is 9. The van der Waals surface area contributed by atoms with E-state index in [-0.39, 0.29) is 37.2 Å². The molecule has 4 N–H and O–H groups in total. The summed E-state index contributed by atoms with van der Waals surface area (Å²) in [5.74, 6) is 1.49. The number of nitrogens with zero attached hydrogens (tertiary/aromatic N) is 1. The van der Waals surface area contributed by atoms with Gasteiger partial charge in [0.25, 0.3) is 0 Å². The Morgan fingerprint density at radius 1 is 1.23 bits per heavy atom. The van der Waals surface area contributed by atoms with E-state index < -0.39 is 6.09 Å². The van der Waals surface area contributed by atoms with Gasteiger partial charge in [-0.1, -0.05) is 43.0 Å². The zero-order valence-electron chi connectivity index (χ0n) is 20.4. The van der Waals surface area contributed by atoms with Crippen molar-refractivity contribution in [2.45, 2.75) is 57.1 Å². The molecule has 3 fully saturated rings. The van der Waals surface area contributed by atoms with Gasteiger partial charge in [0, 0.05) is 43.2 Å². The van der Waals surface area contributed by atoms with Crippen molar-refractivity contribution in [3.05, 3.63) is 34.9 Å². The number of benzene rings is 1. The van der Waals surface area contributed by atoms with Gasteiger partial charge in [0.15, 0.2) is 0 Å². The number of piperidine rings is 2. The van der Waals surface area contributed by atoms with Crippen LogP contribution in [0.5, 0.6) is 0 Å². The number of urea groups is 1. The average molecular weight is 507 g/mol. The molecule has 35 heavy (non-hydrogen) atoms. The molecule has 8 nitrogen and oxygen atoms in total. The van der Waals surface area contributed by atoms with Crippen LogP contribution in [0.2, 0.25) is 5.02 Å². The quantitative estimate of drug-likeness (QED) is 0.375. The SMILES string of the molecule is O=C(O)NCCOC(c1cccc(Cl)c1)[C@@H]1CCCN(C(=O)N[C@@H]2CNCC[C@H]2CC2CCC2)C1. The monoisotopic (exact) mass is 506 g/mol. The van der Waals surface area contributed by atoms with Crippen LogP contribution in [0.3, 0.4) is 0 Å². The highest BCUT2D eigenvalue weighted by Crippen LogP contribution is 2.36. The molecule has 194 valence electrons. The van der Waals surface area contributed by atoms with Crippen LogP contribution in [0, 0.1) is 17.8 Å². The number of carbonyl (C=O) groups excluding carboxylic acids is 1. The summed E-state index contributed by atoms with van der Waals surface area (Å²) >= 11 is 6.26. The first-order chi connectivity index (χ1) is 17.0. The molecule has 3 aliphatic rings. The minimum Gasteiger partial charge on any atom is -0.465 e. The van der Waals surface area contributed by atoms with Crippen LogP contribution in [0.1, 0.15) is 56.6 Å². The Hall–Kier alpha value is -2.03. The summed E-state index contributed by atoms with van der Waals surface area (Å²) in [5, 5.41) is 18.6. The highest BCUT2D eigenvalue weighted by Gasteiger charge is 2.34. The van der Waals surface area contributed by atoms with Crippen LogP contribution in [0.25, 0.3) is 0 Å². The van der Waals surface area contributed by atoms with Crippen LogP contribution in [-0.4, -0.2) is 67.5 Å². The largest absolute Gasteiger partial charge is 0.465 e. The van der Waals surface area contributed by atoms with Crippen LogP contribution >= 0.6 is 11.6 Å². The van der Waals surface area contributed by atoms with E-state index in [0.717, 1.165) is 50.4 Å². The predicted octanol–water partition coefficient (Wildman–Crippen LogP) is 4.26. The van der Waals surface area contributed by atoms with Crippen molar-refractivity contribution in [2.24, 2.45) is 17.8 Å². The van der Waals surface area contributed by atoms with Gasteiger partial charge in [0.1, 0.15) is 0 Å². The average Bonchev–Trinajstić information content (AvgIpc) is 2.82. The molecule has 1 unspecified atom stereocenters. The summed E-state index contributed by atoms with van der Waals surface area (Å²) in [6.07, 6.45) is 6.89. The van der Waals surface area contributed by atoms with Gasteiger partial charge >= 0.3 is 12.1 Å². The van der Waals surface area contributed by atoms with Gasteiger partial charge in [-0.3, -0.25) is 0 Å². The molecule has 4 atom stereocenters. The summed E-state index contributed by atoms with van der Waals surface area (Å²) in [7, 11) is 0. The van der Waals surface area contributed by atoms with Crippen molar-refractivity contribution in [3.8, 4) is 0 Å². The fourth-order valence-corrected chi connectivity index (χ4v) is 5.94. The van der Waals surface area contributed by atoms with Crippen molar-refractivity contribution < 1.29 is 19.4 Å². The molecule has 0 aromatic heterocycles. The van der Waals surface area contributed by atoms with E-state index in [1.54, 1.807) is 0 Å². The van der Waals surface area contributed by atoms with Gasteiger partial charge in [-0.05, 0) is 61.8 Å². The minimum atomic E-state index is -1.07. The first-order valence-electron chi connectivity index (χ1n) is 13.1. The topological polar surface area (TPSA) is 103 Å². The van der Waals surface area contributed by atoms with Crippen LogP contribution in [0.15, 0.2) is 24.3 Å². The van der Waals surface area contributed by atoms with Crippen molar-refractivity contribution in [1.29, 1.82) is 0 Å². The van der Waals surface area contributed by atoms with Crippen molar-refractivity contribution in [2.75, 3.05) is 39.3 Å². The molecule has 1 aromatic carbocycles. The molecule has 1 aliphatic carbocycles. The zero-order chi connectivity index (χ0) is 24.6. The standard InChI is InChI=1S/C26H39ClN4O4/c27-22-8-2-6-20(15-22)24(35-13-11-29-26(33)34)21-7-3-12-31(17-21)25(32)30-23-16-28-10-9-19(23)14-18-4-1-5-18/h2,6,8,15,18-19,21,23-24,28-29H,1,3-5,7,9-14,16-17H2,(H,30,32)(H,33,34)/t19-,21+,23+,24?/m0/s1. The van der Waals surface area contributed by atoms with Crippen molar-refractivity contribution in [3.63, 3.8) is 0 Å². The number of hydrogen-bond donors (Lipinski definition) is 4. The third kappa shape index (κ3) is 7.48. The van der Waals surface area contributed by atoms with E-state index in [0.29, 0.717) is 17.5 Å². The highest BCUT2D eigenvalue weighted by atomic mass is 35.5. The van der Waals surface area contributed by atoms with Crippen LogP contribution < -0.4 is 16.0 Å². The lowest BCUT2D eigenvalue weighted by atomic mass is 9.75. The molecule has 0 spiro atoms. The second-order valence-corrected chi connectivity index (χ2v) is 10.7. The van der Waals surface area contributed by atoms with Crippen molar-refractivity contribution in [1.82, 2.24) is 20.9 Å². The third-order valence-electron chi connectivity index (χ3n) is 7.82. The van der Waals surface area contributed by atoms with Gasteiger partial charge < -0.3 is 30.7 Å². The number of halogens is 1. The number of amides is 3. The second kappa shape index (κ2) is 12.8. The first kappa shape index (κ1) is 26.0. The summed E-state index contributed by atoms with van der Waals surface area (Å²) in [6, 6.07) is 7.80. The number of nitrogens with one attached hydrogen (secondary N) is 3. The highest BCUT2D eigenvalue weighted by molar-refractivity contribution is 6.30. The maximum atomic E-state index is 13.3. The van der Waals surface area contributed by atoms with Crippen LogP contribution in [-0.2, 0) is 4.74 Å². The Morgan fingerprint density at radius 3 is 2.83 bits per heavy atom. The normalized spacial score (nSPS) is 26.0. The predicted molar refractivity (Wildman–Crippen MR) is 136 cm³/mol.